The summed E-state index contributed by atoms with van der Waals surface area (Å²) in [6, 6.07) is 5.40. The average Bonchev–Trinajstić information content (AvgIpc) is 2.70. The van der Waals surface area contributed by atoms with Gasteiger partial charge in [-0.3, -0.25) is 14.4 Å². The second-order valence-corrected chi connectivity index (χ2v) is 6.19. The van der Waals surface area contributed by atoms with E-state index in [-0.39, 0.29) is 24.0 Å². The minimum absolute atomic E-state index is 0.0301. The van der Waals surface area contributed by atoms with E-state index in [1.165, 1.54) is 6.07 Å². The fourth-order valence-electron chi connectivity index (χ4n) is 1.91. The topological polar surface area (TPSA) is 101 Å². The Bertz CT molecular complexity index is 595. The molecule has 0 spiro atoms. The van der Waals surface area contributed by atoms with Crippen LogP contribution in [0.5, 0.6) is 0 Å². The van der Waals surface area contributed by atoms with Crippen molar-refractivity contribution in [3.05, 3.63) is 29.3 Å². The Morgan fingerprint density at radius 1 is 1.52 bits per heavy atom. The zero-order valence-electron chi connectivity index (χ0n) is 10.9. The van der Waals surface area contributed by atoms with Gasteiger partial charge in [0.2, 0.25) is 11.8 Å². The van der Waals surface area contributed by atoms with Crippen LogP contribution in [0.15, 0.2) is 24.3 Å². The predicted molar refractivity (Wildman–Crippen MR) is 80.4 cm³/mol. The van der Waals surface area contributed by atoms with Gasteiger partial charge in [-0.05, 0) is 18.2 Å². The Labute approximate surface area is 130 Å². The molecule has 0 unspecified atom stereocenters. The number of thioether (sulfide) groups is 1. The second kappa shape index (κ2) is 6.46. The molecule has 3 N–H and O–H groups in total. The van der Waals surface area contributed by atoms with Crippen LogP contribution in [0.3, 0.4) is 0 Å². The minimum Gasteiger partial charge on any atom is -0.480 e. The SMILES string of the molecule is N[C@H](CS[C@@H]1CC(=O)N(c2cccc(Cl)c2)C1=O)C(=O)O. The van der Waals surface area contributed by atoms with Crippen molar-refractivity contribution in [1.82, 2.24) is 0 Å². The molecule has 1 aliphatic rings. The number of nitrogens with two attached hydrogens (primary N) is 1. The van der Waals surface area contributed by atoms with Crippen molar-refractivity contribution < 1.29 is 19.5 Å². The number of amides is 2. The van der Waals surface area contributed by atoms with Crippen molar-refractivity contribution in [2.45, 2.75) is 17.7 Å². The maximum absolute atomic E-state index is 12.3. The molecule has 1 heterocycles. The van der Waals surface area contributed by atoms with Gasteiger partial charge >= 0.3 is 5.97 Å². The van der Waals surface area contributed by atoms with Crippen molar-refractivity contribution in [3.8, 4) is 0 Å². The summed E-state index contributed by atoms with van der Waals surface area (Å²) in [4.78, 5) is 36.0. The number of imide groups is 1. The monoisotopic (exact) mass is 328 g/mol. The fraction of sp³-hybridized carbons (Fsp3) is 0.308. The van der Waals surface area contributed by atoms with Crippen LogP contribution in [0.2, 0.25) is 5.02 Å². The molecule has 1 fully saturated rings. The number of benzene rings is 1. The van der Waals surface area contributed by atoms with Crippen molar-refractivity contribution >= 4 is 46.8 Å². The van der Waals surface area contributed by atoms with Gasteiger partial charge in [-0.15, -0.1) is 11.8 Å². The van der Waals surface area contributed by atoms with E-state index in [0.29, 0.717) is 10.7 Å². The number of anilines is 1. The first-order valence-corrected chi connectivity index (χ1v) is 7.55. The summed E-state index contributed by atoms with van der Waals surface area (Å²) in [6.45, 7) is 0. The summed E-state index contributed by atoms with van der Waals surface area (Å²) in [5.41, 5.74) is 5.81. The molecule has 2 rings (SSSR count). The Balaban J connectivity index is 2.08. The quantitative estimate of drug-likeness (QED) is 0.785. The molecule has 1 saturated heterocycles. The molecule has 112 valence electrons. The average molecular weight is 329 g/mol. The first-order valence-electron chi connectivity index (χ1n) is 6.12. The Morgan fingerprint density at radius 3 is 2.86 bits per heavy atom. The molecular weight excluding hydrogens is 316 g/mol. The summed E-state index contributed by atoms with van der Waals surface area (Å²) in [6.07, 6.45) is 0.0301. The number of aliphatic carboxylic acids is 1. The Hall–Kier alpha value is -1.57. The number of rotatable bonds is 5. The smallest absolute Gasteiger partial charge is 0.321 e. The molecule has 1 aliphatic heterocycles. The van der Waals surface area contributed by atoms with Crippen molar-refractivity contribution in [2.75, 3.05) is 10.7 Å². The lowest BCUT2D eigenvalue weighted by Crippen LogP contribution is -2.35. The molecule has 0 saturated carbocycles. The molecule has 0 aromatic heterocycles. The molecular formula is C13H13ClN2O4S. The van der Waals surface area contributed by atoms with Gasteiger partial charge in [0.1, 0.15) is 6.04 Å². The molecule has 0 radical (unpaired) electrons. The lowest BCUT2D eigenvalue weighted by molar-refractivity contribution is -0.138. The van der Waals surface area contributed by atoms with Gasteiger partial charge in [0.15, 0.2) is 0 Å². The van der Waals surface area contributed by atoms with Crippen LogP contribution in [-0.4, -0.2) is 39.9 Å². The van der Waals surface area contributed by atoms with Gasteiger partial charge < -0.3 is 10.8 Å². The molecule has 6 nitrogen and oxygen atoms in total. The van der Waals surface area contributed by atoms with Crippen molar-refractivity contribution in [1.29, 1.82) is 0 Å². The summed E-state index contributed by atoms with van der Waals surface area (Å²) < 4.78 is 0. The van der Waals surface area contributed by atoms with Crippen LogP contribution < -0.4 is 10.6 Å². The van der Waals surface area contributed by atoms with Crippen LogP contribution in [-0.2, 0) is 14.4 Å². The van der Waals surface area contributed by atoms with Crippen molar-refractivity contribution in [2.24, 2.45) is 5.73 Å². The minimum atomic E-state index is -1.13. The number of carboxylic acids is 1. The molecule has 21 heavy (non-hydrogen) atoms. The molecule has 1 aromatic rings. The normalized spacial score (nSPS) is 19.9. The molecule has 0 aliphatic carbocycles. The standard InChI is InChI=1S/C13H13ClN2O4S/c14-7-2-1-3-8(4-7)16-11(17)5-10(12(16)18)21-6-9(15)13(19)20/h1-4,9-10H,5-6,15H2,(H,19,20)/t9-,10-/m1/s1. The number of carboxylic acid groups (broad SMARTS) is 1. The summed E-state index contributed by atoms with van der Waals surface area (Å²) in [5.74, 6) is -1.76. The van der Waals surface area contributed by atoms with Gasteiger partial charge in [-0.25, -0.2) is 4.90 Å². The molecule has 0 bridgehead atoms. The van der Waals surface area contributed by atoms with E-state index in [2.05, 4.69) is 0 Å². The van der Waals surface area contributed by atoms with Gasteiger partial charge in [0.05, 0.1) is 10.9 Å². The van der Waals surface area contributed by atoms with E-state index in [9.17, 15) is 14.4 Å². The zero-order valence-corrected chi connectivity index (χ0v) is 12.4. The molecule has 2 amide bonds. The third-order valence-corrected chi connectivity index (χ3v) is 4.52. The van der Waals surface area contributed by atoms with Crippen molar-refractivity contribution in [3.63, 3.8) is 0 Å². The van der Waals surface area contributed by atoms with Gasteiger partial charge in [-0.1, -0.05) is 17.7 Å². The highest BCUT2D eigenvalue weighted by molar-refractivity contribution is 8.00. The largest absolute Gasteiger partial charge is 0.480 e. The molecule has 1 aromatic carbocycles. The number of hydrogen-bond acceptors (Lipinski definition) is 5. The third-order valence-electron chi connectivity index (χ3n) is 2.97. The highest BCUT2D eigenvalue weighted by Crippen LogP contribution is 2.30. The first-order chi connectivity index (χ1) is 9.90. The lowest BCUT2D eigenvalue weighted by atomic mass is 10.3. The maximum atomic E-state index is 12.3. The summed E-state index contributed by atoms with van der Waals surface area (Å²) in [7, 11) is 0. The van der Waals surface area contributed by atoms with E-state index in [0.717, 1.165) is 16.7 Å². The number of carbonyl (C=O) groups excluding carboxylic acids is 2. The maximum Gasteiger partial charge on any atom is 0.321 e. The van der Waals surface area contributed by atoms with Crippen LogP contribution in [0.1, 0.15) is 6.42 Å². The van der Waals surface area contributed by atoms with Gasteiger partial charge in [-0.2, -0.15) is 0 Å². The fourth-order valence-corrected chi connectivity index (χ4v) is 3.19. The molecule has 8 heteroatoms. The van der Waals surface area contributed by atoms with E-state index in [1.54, 1.807) is 18.2 Å². The highest BCUT2D eigenvalue weighted by Gasteiger charge is 2.40. The van der Waals surface area contributed by atoms with Crippen LogP contribution in [0.4, 0.5) is 5.69 Å². The second-order valence-electron chi connectivity index (χ2n) is 4.52. The lowest BCUT2D eigenvalue weighted by Gasteiger charge is -2.15. The van der Waals surface area contributed by atoms with E-state index in [1.807, 2.05) is 0 Å². The number of halogens is 1. The van der Waals surface area contributed by atoms with Crippen LogP contribution >= 0.6 is 23.4 Å². The number of hydrogen-bond donors (Lipinski definition) is 2. The highest BCUT2D eigenvalue weighted by atomic mass is 35.5. The van der Waals surface area contributed by atoms with E-state index >= 15 is 0 Å². The van der Waals surface area contributed by atoms with E-state index in [4.69, 9.17) is 22.4 Å². The van der Waals surface area contributed by atoms with Crippen LogP contribution in [0, 0.1) is 0 Å². The molecule has 2 atom stereocenters. The first kappa shape index (κ1) is 15.8. The Morgan fingerprint density at radius 2 is 2.24 bits per heavy atom. The van der Waals surface area contributed by atoms with E-state index < -0.39 is 17.3 Å². The van der Waals surface area contributed by atoms with Crippen LogP contribution in [0.25, 0.3) is 0 Å². The summed E-state index contributed by atoms with van der Waals surface area (Å²) >= 11 is 6.94. The number of carbonyl (C=O) groups is 3. The Kier molecular flexibility index (Phi) is 4.87. The van der Waals surface area contributed by atoms with Gasteiger partial charge in [0.25, 0.3) is 0 Å². The summed E-state index contributed by atoms with van der Waals surface area (Å²) in [5, 5.41) is 8.54. The number of nitrogens with zero attached hydrogens (tertiary/aromatic N) is 1. The zero-order chi connectivity index (χ0) is 15.6. The third kappa shape index (κ3) is 3.55. The van der Waals surface area contributed by atoms with Gasteiger partial charge in [0, 0.05) is 17.2 Å². The predicted octanol–water partition coefficient (Wildman–Crippen LogP) is 1.12.